The fourth-order valence-corrected chi connectivity index (χ4v) is 4.17. The number of nitrogens with two attached hydrogens (primary N) is 1. The standard InChI is InChI=1S/C23H31N7O3/c1-15(30-14-18(24)11-26-30)7-8-25-10-16-12-29(13-16)23(33)17-3-2-4-19(9-17)27-20-5-6-21(31)28-22(20)32/h2-4,9,11,14-16,20,25,27H,5-8,10,12-13,24H2,1H3,(H,28,31,32). The number of carbonyl (C=O) groups excluding carboxylic acids is 3. The number of aromatic nitrogens is 2. The molecule has 2 fully saturated rings. The fourth-order valence-electron chi connectivity index (χ4n) is 4.17. The zero-order valence-electron chi connectivity index (χ0n) is 18.8. The Kier molecular flexibility index (Phi) is 6.93. The number of nitrogen functional groups attached to an aromatic ring is 1. The quantitative estimate of drug-likeness (QED) is 0.329. The molecule has 2 aromatic rings. The minimum absolute atomic E-state index is 0.0110. The summed E-state index contributed by atoms with van der Waals surface area (Å²) in [5.74, 6) is -0.150. The number of piperidine rings is 1. The Morgan fingerprint density at radius 2 is 2.15 bits per heavy atom. The second-order valence-corrected chi connectivity index (χ2v) is 8.90. The first kappa shape index (κ1) is 22.8. The number of nitrogens with one attached hydrogen (secondary N) is 3. The van der Waals surface area contributed by atoms with Crippen LogP contribution < -0.4 is 21.7 Å². The molecule has 2 atom stereocenters. The van der Waals surface area contributed by atoms with Crippen molar-refractivity contribution in [2.45, 2.75) is 38.3 Å². The summed E-state index contributed by atoms with van der Waals surface area (Å²) in [5, 5.41) is 13.2. The molecule has 10 nitrogen and oxygen atoms in total. The van der Waals surface area contributed by atoms with Gasteiger partial charge in [0.2, 0.25) is 11.8 Å². The lowest BCUT2D eigenvalue weighted by Gasteiger charge is -2.39. The third-order valence-corrected chi connectivity index (χ3v) is 6.18. The van der Waals surface area contributed by atoms with Crippen LogP contribution in [-0.2, 0) is 9.59 Å². The number of anilines is 2. The predicted molar refractivity (Wildman–Crippen MR) is 124 cm³/mol. The topological polar surface area (TPSA) is 134 Å². The van der Waals surface area contributed by atoms with E-state index in [2.05, 4.69) is 28.0 Å². The largest absolute Gasteiger partial charge is 0.396 e. The van der Waals surface area contributed by atoms with Crippen molar-refractivity contribution < 1.29 is 14.4 Å². The molecule has 2 unspecified atom stereocenters. The minimum Gasteiger partial charge on any atom is -0.396 e. The number of imide groups is 1. The van der Waals surface area contributed by atoms with Crippen LogP contribution in [0.4, 0.5) is 11.4 Å². The molecule has 0 spiro atoms. The van der Waals surface area contributed by atoms with Crippen molar-refractivity contribution in [1.29, 1.82) is 0 Å². The van der Waals surface area contributed by atoms with Crippen LogP contribution in [0.2, 0.25) is 0 Å². The highest BCUT2D eigenvalue weighted by molar-refractivity contribution is 6.01. The van der Waals surface area contributed by atoms with Crippen LogP contribution in [0, 0.1) is 5.92 Å². The highest BCUT2D eigenvalue weighted by Crippen LogP contribution is 2.21. The van der Waals surface area contributed by atoms with Crippen LogP contribution in [0.25, 0.3) is 0 Å². The fraction of sp³-hybridized carbons (Fsp3) is 0.478. The molecule has 0 radical (unpaired) electrons. The molecule has 1 aromatic carbocycles. The van der Waals surface area contributed by atoms with E-state index in [9.17, 15) is 14.4 Å². The van der Waals surface area contributed by atoms with Gasteiger partial charge in [-0.2, -0.15) is 5.10 Å². The first-order chi connectivity index (χ1) is 15.9. The smallest absolute Gasteiger partial charge is 0.253 e. The Morgan fingerprint density at radius 1 is 1.33 bits per heavy atom. The number of carbonyl (C=O) groups is 3. The molecule has 0 bridgehead atoms. The maximum Gasteiger partial charge on any atom is 0.253 e. The average Bonchev–Trinajstić information content (AvgIpc) is 3.20. The van der Waals surface area contributed by atoms with Gasteiger partial charge in [0, 0.05) is 49.4 Å². The Labute approximate surface area is 192 Å². The van der Waals surface area contributed by atoms with Gasteiger partial charge in [0.1, 0.15) is 6.04 Å². The third kappa shape index (κ3) is 5.70. The second kappa shape index (κ2) is 10.0. The lowest BCUT2D eigenvalue weighted by molar-refractivity contribution is -0.133. The highest BCUT2D eigenvalue weighted by atomic mass is 16.2. The van der Waals surface area contributed by atoms with E-state index in [4.69, 9.17) is 5.73 Å². The van der Waals surface area contributed by atoms with Crippen molar-refractivity contribution in [1.82, 2.24) is 25.3 Å². The van der Waals surface area contributed by atoms with Gasteiger partial charge in [0.05, 0.1) is 17.9 Å². The molecule has 3 amide bonds. The highest BCUT2D eigenvalue weighted by Gasteiger charge is 2.31. The number of likely N-dealkylation sites (tertiary alicyclic amines) is 1. The third-order valence-electron chi connectivity index (χ3n) is 6.18. The molecule has 5 N–H and O–H groups in total. The van der Waals surface area contributed by atoms with Crippen LogP contribution in [0.15, 0.2) is 36.7 Å². The van der Waals surface area contributed by atoms with Crippen LogP contribution in [0.3, 0.4) is 0 Å². The summed E-state index contributed by atoms with van der Waals surface area (Å²) in [6.07, 6.45) is 5.20. The van der Waals surface area contributed by atoms with E-state index in [1.807, 2.05) is 21.8 Å². The maximum atomic E-state index is 12.8. The molecule has 2 aliphatic heterocycles. The number of rotatable bonds is 9. The van der Waals surface area contributed by atoms with Crippen molar-refractivity contribution in [3.05, 3.63) is 42.2 Å². The summed E-state index contributed by atoms with van der Waals surface area (Å²) in [4.78, 5) is 37.9. The van der Waals surface area contributed by atoms with Gasteiger partial charge in [0.15, 0.2) is 0 Å². The molecule has 4 rings (SSSR count). The first-order valence-electron chi connectivity index (χ1n) is 11.4. The molecular weight excluding hydrogens is 422 g/mol. The van der Waals surface area contributed by atoms with Gasteiger partial charge in [-0.1, -0.05) is 6.07 Å². The molecule has 2 saturated heterocycles. The molecule has 3 heterocycles. The van der Waals surface area contributed by atoms with E-state index < -0.39 is 6.04 Å². The van der Waals surface area contributed by atoms with Crippen LogP contribution in [-0.4, -0.2) is 64.6 Å². The van der Waals surface area contributed by atoms with E-state index in [1.54, 1.807) is 24.4 Å². The van der Waals surface area contributed by atoms with E-state index >= 15 is 0 Å². The molecule has 176 valence electrons. The van der Waals surface area contributed by atoms with Crippen LogP contribution >= 0.6 is 0 Å². The van der Waals surface area contributed by atoms with Crippen molar-refractivity contribution in [2.24, 2.45) is 5.92 Å². The van der Waals surface area contributed by atoms with Gasteiger partial charge in [-0.05, 0) is 44.5 Å². The van der Waals surface area contributed by atoms with Crippen molar-refractivity contribution in [3.63, 3.8) is 0 Å². The van der Waals surface area contributed by atoms with Crippen molar-refractivity contribution in [2.75, 3.05) is 37.2 Å². The summed E-state index contributed by atoms with van der Waals surface area (Å²) in [7, 11) is 0. The molecule has 10 heteroatoms. The molecule has 0 saturated carbocycles. The average molecular weight is 454 g/mol. The number of hydrogen-bond donors (Lipinski definition) is 4. The van der Waals surface area contributed by atoms with E-state index in [-0.39, 0.29) is 23.8 Å². The number of benzene rings is 1. The van der Waals surface area contributed by atoms with Gasteiger partial charge in [-0.15, -0.1) is 0 Å². The van der Waals surface area contributed by atoms with Crippen molar-refractivity contribution >= 4 is 29.1 Å². The van der Waals surface area contributed by atoms with Crippen LogP contribution in [0.1, 0.15) is 42.6 Å². The summed E-state index contributed by atoms with van der Waals surface area (Å²) in [6, 6.07) is 6.97. The second-order valence-electron chi connectivity index (χ2n) is 8.90. The summed E-state index contributed by atoms with van der Waals surface area (Å²) in [6.45, 7) is 5.30. The first-order valence-corrected chi connectivity index (χ1v) is 11.4. The summed E-state index contributed by atoms with van der Waals surface area (Å²) < 4.78 is 1.88. The normalized spacial score (nSPS) is 19.7. The monoisotopic (exact) mass is 453 g/mol. The lowest BCUT2D eigenvalue weighted by Crippen LogP contribution is -2.53. The van der Waals surface area contributed by atoms with E-state index in [0.717, 1.165) is 32.6 Å². The van der Waals surface area contributed by atoms with Crippen LogP contribution in [0.5, 0.6) is 0 Å². The van der Waals surface area contributed by atoms with Gasteiger partial charge < -0.3 is 21.3 Å². The lowest BCUT2D eigenvalue weighted by atomic mass is 9.98. The van der Waals surface area contributed by atoms with Gasteiger partial charge in [-0.25, -0.2) is 0 Å². The van der Waals surface area contributed by atoms with E-state index in [0.29, 0.717) is 35.7 Å². The summed E-state index contributed by atoms with van der Waals surface area (Å²) in [5.41, 5.74) is 7.67. The number of nitrogens with zero attached hydrogens (tertiary/aromatic N) is 3. The van der Waals surface area contributed by atoms with Gasteiger partial charge >= 0.3 is 0 Å². The Bertz CT molecular complexity index is 1010. The predicted octanol–water partition coefficient (Wildman–Crippen LogP) is 0.995. The Balaban J connectivity index is 1.18. The maximum absolute atomic E-state index is 12.8. The number of hydrogen-bond acceptors (Lipinski definition) is 7. The zero-order chi connectivity index (χ0) is 23.4. The SMILES string of the molecule is CC(CCNCC1CN(C(=O)c2cccc(NC3CCC(=O)NC3=O)c2)C1)n1cc(N)cn1. The van der Waals surface area contributed by atoms with Gasteiger partial charge in [-0.3, -0.25) is 24.4 Å². The molecule has 0 aliphatic carbocycles. The Hall–Kier alpha value is -3.40. The molecule has 2 aliphatic rings. The van der Waals surface area contributed by atoms with E-state index in [1.165, 1.54) is 0 Å². The summed E-state index contributed by atoms with van der Waals surface area (Å²) >= 11 is 0. The molecule has 33 heavy (non-hydrogen) atoms. The zero-order valence-corrected chi connectivity index (χ0v) is 18.8. The molecular formula is C23H31N7O3. The molecule has 1 aromatic heterocycles. The minimum atomic E-state index is -0.471. The Morgan fingerprint density at radius 3 is 2.88 bits per heavy atom. The number of amides is 3. The van der Waals surface area contributed by atoms with Gasteiger partial charge in [0.25, 0.3) is 5.91 Å². The van der Waals surface area contributed by atoms with Crippen molar-refractivity contribution in [3.8, 4) is 0 Å².